The molecule has 0 spiro atoms. The number of pyridine rings is 1. The van der Waals surface area contributed by atoms with E-state index in [1.807, 2.05) is 12.3 Å². The Kier molecular flexibility index (Phi) is 2.94. The van der Waals surface area contributed by atoms with Crippen molar-refractivity contribution in [1.82, 2.24) is 9.97 Å². The van der Waals surface area contributed by atoms with Crippen LogP contribution < -0.4 is 5.32 Å². The zero-order chi connectivity index (χ0) is 12.4. The van der Waals surface area contributed by atoms with Crippen LogP contribution in [0.1, 0.15) is 11.1 Å². The van der Waals surface area contributed by atoms with Crippen LogP contribution in [0.25, 0.3) is 10.2 Å². The Morgan fingerprint density at radius 2 is 2.22 bits per heavy atom. The number of hydrogen-bond acceptors (Lipinski definition) is 4. The Bertz CT molecular complexity index is 661. The predicted octanol–water partition coefficient (Wildman–Crippen LogP) is 3.61. The number of hydrogen-bond donors (Lipinski definition) is 1. The lowest BCUT2D eigenvalue weighted by atomic mass is 10.2. The number of aryl methyl sites for hydroxylation is 1. The lowest BCUT2D eigenvalue weighted by Gasteiger charge is -2.00. The minimum Gasteiger partial charge on any atom is -0.357 e. The molecule has 0 amide bonds. The summed E-state index contributed by atoms with van der Waals surface area (Å²) in [5.74, 6) is 0. The van der Waals surface area contributed by atoms with Gasteiger partial charge in [0.25, 0.3) is 0 Å². The first kappa shape index (κ1) is 11.2. The smallest absolute Gasteiger partial charge is 0.184 e. The van der Waals surface area contributed by atoms with Crippen molar-refractivity contribution in [3.8, 4) is 0 Å². The van der Waals surface area contributed by atoms with Crippen LogP contribution in [0.4, 0.5) is 5.13 Å². The Morgan fingerprint density at radius 1 is 1.28 bits per heavy atom. The van der Waals surface area contributed by atoms with Gasteiger partial charge in [-0.15, -0.1) is 0 Å². The van der Waals surface area contributed by atoms with Crippen molar-refractivity contribution in [3.63, 3.8) is 0 Å². The molecule has 3 aromatic rings. The average molecular weight is 255 g/mol. The Balaban J connectivity index is 1.79. The summed E-state index contributed by atoms with van der Waals surface area (Å²) < 4.78 is 1.23. The molecule has 0 aliphatic carbocycles. The van der Waals surface area contributed by atoms with E-state index >= 15 is 0 Å². The molecule has 0 saturated carbocycles. The van der Waals surface area contributed by atoms with Crippen molar-refractivity contribution in [3.05, 3.63) is 53.9 Å². The molecule has 2 aromatic heterocycles. The minimum absolute atomic E-state index is 0.757. The van der Waals surface area contributed by atoms with E-state index in [4.69, 9.17) is 0 Å². The van der Waals surface area contributed by atoms with E-state index in [1.54, 1.807) is 17.5 Å². The fourth-order valence-electron chi connectivity index (χ4n) is 1.79. The van der Waals surface area contributed by atoms with Gasteiger partial charge >= 0.3 is 0 Å². The molecular weight excluding hydrogens is 242 g/mol. The lowest BCUT2D eigenvalue weighted by molar-refractivity contribution is 1.11. The van der Waals surface area contributed by atoms with Crippen LogP contribution in [0.3, 0.4) is 0 Å². The predicted molar refractivity (Wildman–Crippen MR) is 75.9 cm³/mol. The molecule has 3 rings (SSSR count). The highest BCUT2D eigenvalue weighted by atomic mass is 32.1. The van der Waals surface area contributed by atoms with Crippen LogP contribution >= 0.6 is 11.3 Å². The maximum absolute atomic E-state index is 4.56. The van der Waals surface area contributed by atoms with E-state index in [-0.39, 0.29) is 0 Å². The van der Waals surface area contributed by atoms with Crippen LogP contribution in [-0.4, -0.2) is 9.97 Å². The normalized spacial score (nSPS) is 10.7. The molecule has 90 valence electrons. The third-order valence-electron chi connectivity index (χ3n) is 2.71. The van der Waals surface area contributed by atoms with Gasteiger partial charge in [0.2, 0.25) is 0 Å². The number of fused-ring (bicyclic) bond motifs is 1. The number of nitrogens with zero attached hydrogens (tertiary/aromatic N) is 2. The van der Waals surface area contributed by atoms with Gasteiger partial charge in [-0.2, -0.15) is 0 Å². The fourth-order valence-corrected chi connectivity index (χ4v) is 2.75. The van der Waals surface area contributed by atoms with Crippen LogP contribution in [-0.2, 0) is 6.54 Å². The van der Waals surface area contributed by atoms with Crippen LogP contribution in [0.5, 0.6) is 0 Å². The second-order valence-electron chi connectivity index (χ2n) is 4.21. The molecule has 0 aliphatic heterocycles. The molecule has 2 heterocycles. The van der Waals surface area contributed by atoms with Crippen molar-refractivity contribution in [1.29, 1.82) is 0 Å². The van der Waals surface area contributed by atoms with Crippen molar-refractivity contribution in [2.75, 3.05) is 5.32 Å². The highest BCUT2D eigenvalue weighted by Gasteiger charge is 2.03. The molecule has 3 nitrogen and oxygen atoms in total. The van der Waals surface area contributed by atoms with Gasteiger partial charge < -0.3 is 5.32 Å². The summed E-state index contributed by atoms with van der Waals surface area (Å²) in [7, 11) is 0. The van der Waals surface area contributed by atoms with Gasteiger partial charge in [-0.3, -0.25) is 4.98 Å². The van der Waals surface area contributed by atoms with E-state index in [0.29, 0.717) is 0 Å². The summed E-state index contributed by atoms with van der Waals surface area (Å²) in [4.78, 5) is 8.65. The molecule has 0 bridgehead atoms. The Morgan fingerprint density at radius 3 is 3.06 bits per heavy atom. The standard InChI is InChI=1S/C14H13N3S/c1-10-4-5-12-13(7-10)18-14(17-12)16-9-11-3-2-6-15-8-11/h2-8H,9H2,1H3,(H,16,17). The second-order valence-corrected chi connectivity index (χ2v) is 5.24. The van der Waals surface area contributed by atoms with Gasteiger partial charge in [0.1, 0.15) is 0 Å². The van der Waals surface area contributed by atoms with E-state index in [9.17, 15) is 0 Å². The molecule has 4 heteroatoms. The molecule has 1 N–H and O–H groups in total. The van der Waals surface area contributed by atoms with Crippen molar-refractivity contribution in [2.24, 2.45) is 0 Å². The zero-order valence-electron chi connectivity index (χ0n) is 10.1. The van der Waals surface area contributed by atoms with Gasteiger partial charge in [0.15, 0.2) is 5.13 Å². The topological polar surface area (TPSA) is 37.8 Å². The third kappa shape index (κ3) is 2.33. The van der Waals surface area contributed by atoms with Gasteiger partial charge in [0, 0.05) is 18.9 Å². The van der Waals surface area contributed by atoms with E-state index < -0.39 is 0 Å². The molecule has 18 heavy (non-hydrogen) atoms. The van der Waals surface area contributed by atoms with E-state index in [0.717, 1.165) is 22.8 Å². The number of nitrogens with one attached hydrogen (secondary N) is 1. The molecule has 1 aromatic carbocycles. The maximum Gasteiger partial charge on any atom is 0.184 e. The number of thiazole rings is 1. The molecule has 0 atom stereocenters. The molecule has 0 fully saturated rings. The summed E-state index contributed by atoms with van der Waals surface area (Å²) >= 11 is 1.69. The number of aromatic nitrogens is 2. The SMILES string of the molecule is Cc1ccc2nc(NCc3cccnc3)sc2c1. The third-order valence-corrected chi connectivity index (χ3v) is 3.69. The fraction of sp³-hybridized carbons (Fsp3) is 0.143. The number of anilines is 1. The van der Waals surface area contributed by atoms with Crippen molar-refractivity contribution < 1.29 is 0 Å². The largest absolute Gasteiger partial charge is 0.357 e. The number of rotatable bonds is 3. The summed E-state index contributed by atoms with van der Waals surface area (Å²) in [5.41, 5.74) is 3.48. The zero-order valence-corrected chi connectivity index (χ0v) is 10.9. The quantitative estimate of drug-likeness (QED) is 0.777. The van der Waals surface area contributed by atoms with Crippen LogP contribution in [0, 0.1) is 6.92 Å². The van der Waals surface area contributed by atoms with Crippen molar-refractivity contribution >= 4 is 26.7 Å². The summed E-state index contributed by atoms with van der Waals surface area (Å²) in [6.07, 6.45) is 3.65. The Labute approximate surface area is 110 Å². The monoisotopic (exact) mass is 255 g/mol. The second kappa shape index (κ2) is 4.74. The molecular formula is C14H13N3S. The number of benzene rings is 1. The van der Waals surface area contributed by atoms with Gasteiger partial charge in [-0.05, 0) is 36.2 Å². The maximum atomic E-state index is 4.56. The average Bonchev–Trinajstić information content (AvgIpc) is 2.79. The van der Waals surface area contributed by atoms with Crippen LogP contribution in [0.2, 0.25) is 0 Å². The highest BCUT2D eigenvalue weighted by molar-refractivity contribution is 7.22. The van der Waals surface area contributed by atoms with Gasteiger partial charge in [-0.25, -0.2) is 4.98 Å². The van der Waals surface area contributed by atoms with E-state index in [1.165, 1.54) is 10.3 Å². The van der Waals surface area contributed by atoms with Gasteiger partial charge in [-0.1, -0.05) is 23.5 Å². The van der Waals surface area contributed by atoms with Gasteiger partial charge in [0.05, 0.1) is 10.2 Å². The van der Waals surface area contributed by atoms with E-state index in [2.05, 4.69) is 46.5 Å². The summed E-state index contributed by atoms with van der Waals surface area (Å²) in [6, 6.07) is 10.3. The Hall–Kier alpha value is -1.94. The minimum atomic E-state index is 0.757. The summed E-state index contributed by atoms with van der Waals surface area (Å²) in [5, 5.41) is 4.30. The molecule has 0 radical (unpaired) electrons. The first-order valence-corrected chi connectivity index (χ1v) is 6.63. The molecule has 0 unspecified atom stereocenters. The highest BCUT2D eigenvalue weighted by Crippen LogP contribution is 2.26. The van der Waals surface area contributed by atoms with Crippen molar-refractivity contribution in [2.45, 2.75) is 13.5 Å². The first-order valence-electron chi connectivity index (χ1n) is 5.81. The molecule has 0 saturated heterocycles. The van der Waals surface area contributed by atoms with Crippen LogP contribution in [0.15, 0.2) is 42.7 Å². The lowest BCUT2D eigenvalue weighted by Crippen LogP contribution is -1.98. The summed E-state index contributed by atoms with van der Waals surface area (Å²) in [6.45, 7) is 2.86. The first-order chi connectivity index (χ1) is 8.81. The molecule has 0 aliphatic rings.